The Morgan fingerprint density at radius 1 is 0.949 bits per heavy atom. The predicted octanol–water partition coefficient (Wildman–Crippen LogP) is 7.57. The number of methoxy groups -OCH3 is 1. The molecule has 1 fully saturated rings. The van der Waals surface area contributed by atoms with E-state index >= 15 is 0 Å². The van der Waals surface area contributed by atoms with Crippen LogP contribution in [0.2, 0.25) is 0 Å². The molecular formula is C31H32F3N3O2. The molecule has 0 amide bonds. The number of para-hydroxylation sites is 1. The van der Waals surface area contributed by atoms with Crippen LogP contribution in [0.1, 0.15) is 35.6 Å². The number of pyridine rings is 1. The van der Waals surface area contributed by atoms with E-state index in [0.717, 1.165) is 60.4 Å². The lowest BCUT2D eigenvalue weighted by molar-refractivity contribution is -0.137. The van der Waals surface area contributed by atoms with E-state index in [0.29, 0.717) is 30.4 Å². The van der Waals surface area contributed by atoms with Gasteiger partial charge in [0.05, 0.1) is 18.2 Å². The third-order valence-electron chi connectivity index (χ3n) is 7.19. The number of nitrogens with zero attached hydrogens (tertiary/aromatic N) is 2. The Labute approximate surface area is 226 Å². The maximum atomic E-state index is 13.7. The lowest BCUT2D eigenvalue weighted by Gasteiger charge is -2.32. The van der Waals surface area contributed by atoms with Crippen LogP contribution in [0.25, 0.3) is 10.9 Å². The van der Waals surface area contributed by atoms with Crippen molar-refractivity contribution in [1.82, 2.24) is 9.88 Å². The van der Waals surface area contributed by atoms with E-state index < -0.39 is 11.7 Å². The molecule has 1 saturated heterocycles. The van der Waals surface area contributed by atoms with Crippen molar-refractivity contribution in [3.63, 3.8) is 0 Å². The van der Waals surface area contributed by atoms with Crippen LogP contribution in [-0.2, 0) is 6.18 Å². The first-order chi connectivity index (χ1) is 18.8. The number of nitrogens with one attached hydrogen (secondary N) is 1. The van der Waals surface area contributed by atoms with E-state index in [1.165, 1.54) is 5.56 Å². The molecule has 1 aromatic heterocycles. The van der Waals surface area contributed by atoms with E-state index in [1.54, 1.807) is 13.2 Å². The van der Waals surface area contributed by atoms with Crippen LogP contribution in [0.3, 0.4) is 0 Å². The molecule has 5 rings (SSSR count). The number of ether oxygens (including phenoxy) is 2. The molecule has 1 aliphatic heterocycles. The number of piperidine rings is 1. The number of alkyl halides is 3. The molecule has 0 aliphatic carbocycles. The topological polar surface area (TPSA) is 46.6 Å². The van der Waals surface area contributed by atoms with Gasteiger partial charge in [-0.15, -0.1) is 0 Å². The quantitative estimate of drug-likeness (QED) is 0.252. The monoisotopic (exact) mass is 535 g/mol. The van der Waals surface area contributed by atoms with Gasteiger partial charge in [0.1, 0.15) is 18.1 Å². The minimum Gasteiger partial charge on any atom is -0.497 e. The molecule has 0 unspecified atom stereocenters. The molecular weight excluding hydrogens is 503 g/mol. The highest BCUT2D eigenvalue weighted by atomic mass is 19.4. The van der Waals surface area contributed by atoms with Crippen molar-refractivity contribution in [2.24, 2.45) is 0 Å². The zero-order chi connectivity index (χ0) is 27.4. The van der Waals surface area contributed by atoms with E-state index in [1.807, 2.05) is 49.4 Å². The summed E-state index contributed by atoms with van der Waals surface area (Å²) in [7, 11) is 1.67. The molecule has 8 heteroatoms. The Morgan fingerprint density at radius 2 is 1.74 bits per heavy atom. The molecule has 1 aliphatic rings. The van der Waals surface area contributed by atoms with Crippen LogP contribution in [0.4, 0.5) is 24.5 Å². The van der Waals surface area contributed by atoms with Gasteiger partial charge in [0.15, 0.2) is 0 Å². The van der Waals surface area contributed by atoms with Gasteiger partial charge in [-0.25, -0.2) is 0 Å². The normalized spacial score (nSPS) is 14.9. The average molecular weight is 536 g/mol. The highest BCUT2D eigenvalue weighted by Gasteiger charge is 2.31. The van der Waals surface area contributed by atoms with E-state index in [9.17, 15) is 13.2 Å². The second-order valence-electron chi connectivity index (χ2n) is 9.94. The zero-order valence-corrected chi connectivity index (χ0v) is 22.1. The number of aromatic nitrogens is 1. The molecule has 0 atom stereocenters. The van der Waals surface area contributed by atoms with Crippen LogP contribution in [-0.4, -0.2) is 43.2 Å². The fraction of sp³-hybridized carbons (Fsp3) is 0.323. The van der Waals surface area contributed by atoms with Crippen molar-refractivity contribution < 1.29 is 22.6 Å². The highest BCUT2D eigenvalue weighted by molar-refractivity contribution is 5.93. The van der Waals surface area contributed by atoms with Crippen LogP contribution in [0.5, 0.6) is 11.5 Å². The summed E-state index contributed by atoms with van der Waals surface area (Å²) in [5.41, 5.74) is 3.09. The summed E-state index contributed by atoms with van der Waals surface area (Å²) >= 11 is 0. The molecule has 0 saturated carbocycles. The average Bonchev–Trinajstić information content (AvgIpc) is 2.93. The minimum atomic E-state index is -4.49. The maximum absolute atomic E-state index is 13.7. The molecule has 39 heavy (non-hydrogen) atoms. The van der Waals surface area contributed by atoms with Crippen LogP contribution < -0.4 is 14.8 Å². The Hall–Kier alpha value is -3.78. The smallest absolute Gasteiger partial charge is 0.416 e. The summed E-state index contributed by atoms with van der Waals surface area (Å²) in [6.45, 7) is 4.64. The number of halogens is 3. The van der Waals surface area contributed by atoms with Gasteiger partial charge in [-0.2, -0.15) is 13.2 Å². The summed E-state index contributed by atoms with van der Waals surface area (Å²) in [5.74, 6) is 1.53. The lowest BCUT2D eigenvalue weighted by atomic mass is 9.89. The second kappa shape index (κ2) is 11.5. The number of benzene rings is 3. The van der Waals surface area contributed by atoms with Gasteiger partial charge in [0, 0.05) is 35.1 Å². The van der Waals surface area contributed by atoms with Gasteiger partial charge in [0.2, 0.25) is 0 Å². The van der Waals surface area contributed by atoms with Crippen LogP contribution >= 0.6 is 0 Å². The summed E-state index contributed by atoms with van der Waals surface area (Å²) in [6, 6.07) is 21.4. The third kappa shape index (κ3) is 6.63. The number of fused-ring (bicyclic) bond motifs is 1. The maximum Gasteiger partial charge on any atom is 0.416 e. The second-order valence-corrected chi connectivity index (χ2v) is 9.94. The highest BCUT2D eigenvalue weighted by Crippen LogP contribution is 2.36. The van der Waals surface area contributed by atoms with Gasteiger partial charge in [-0.3, -0.25) is 9.88 Å². The van der Waals surface area contributed by atoms with E-state index in [-0.39, 0.29) is 5.75 Å². The summed E-state index contributed by atoms with van der Waals surface area (Å²) in [6.07, 6.45) is -2.46. The number of likely N-dealkylation sites (tertiary alicyclic amines) is 1. The minimum absolute atomic E-state index is 0.189. The Kier molecular flexibility index (Phi) is 7.93. The fourth-order valence-corrected chi connectivity index (χ4v) is 5.16. The first-order valence-corrected chi connectivity index (χ1v) is 13.1. The van der Waals surface area contributed by atoms with Crippen molar-refractivity contribution in [2.45, 2.75) is 31.9 Å². The van der Waals surface area contributed by atoms with Gasteiger partial charge < -0.3 is 14.8 Å². The molecule has 0 spiro atoms. The van der Waals surface area contributed by atoms with Crippen molar-refractivity contribution in [3.8, 4) is 11.5 Å². The molecule has 0 bridgehead atoms. The zero-order valence-electron chi connectivity index (χ0n) is 22.1. The third-order valence-corrected chi connectivity index (χ3v) is 7.19. The summed E-state index contributed by atoms with van der Waals surface area (Å²) in [5, 5.41) is 4.00. The lowest BCUT2D eigenvalue weighted by Crippen LogP contribution is -2.35. The predicted molar refractivity (Wildman–Crippen MR) is 148 cm³/mol. The number of hydrogen-bond acceptors (Lipinski definition) is 5. The molecule has 0 radical (unpaired) electrons. The number of hydrogen-bond donors (Lipinski definition) is 1. The molecule has 4 aromatic rings. The van der Waals surface area contributed by atoms with E-state index in [4.69, 9.17) is 9.47 Å². The van der Waals surface area contributed by atoms with E-state index in [2.05, 4.69) is 27.3 Å². The Bertz CT molecular complexity index is 1430. The Morgan fingerprint density at radius 3 is 2.51 bits per heavy atom. The van der Waals surface area contributed by atoms with Crippen molar-refractivity contribution >= 4 is 22.3 Å². The molecule has 5 nitrogen and oxygen atoms in total. The number of rotatable bonds is 8. The summed E-state index contributed by atoms with van der Waals surface area (Å²) in [4.78, 5) is 6.81. The van der Waals surface area contributed by atoms with Crippen molar-refractivity contribution in [1.29, 1.82) is 0 Å². The SMILES string of the molecule is COc1cccc(C2CCN(CCOc3cc(Nc4cc(C)nc5ccccc45)cc(C(F)(F)F)c3)CC2)c1. The molecule has 3 aromatic carbocycles. The first-order valence-electron chi connectivity index (χ1n) is 13.1. The van der Waals surface area contributed by atoms with Crippen molar-refractivity contribution in [3.05, 3.63) is 89.6 Å². The van der Waals surface area contributed by atoms with Gasteiger partial charge in [-0.1, -0.05) is 30.3 Å². The fourth-order valence-electron chi connectivity index (χ4n) is 5.16. The van der Waals surface area contributed by atoms with Crippen LogP contribution in [0, 0.1) is 6.92 Å². The first kappa shape index (κ1) is 26.8. The van der Waals surface area contributed by atoms with Gasteiger partial charge >= 0.3 is 6.18 Å². The molecule has 2 heterocycles. The summed E-state index contributed by atoms with van der Waals surface area (Å²) < 4.78 is 52.4. The standard InChI is InChI=1S/C31H32F3N3O2/c1-21-16-30(28-8-3-4-9-29(28)35-21)36-25-18-24(31(32,33)34)19-27(20-25)39-15-14-37-12-10-22(11-13-37)23-6-5-7-26(17-23)38-2/h3-9,16-20,22H,10-15H2,1-2H3,(H,35,36). The number of anilines is 2. The largest absolute Gasteiger partial charge is 0.497 e. The molecule has 1 N–H and O–H groups in total. The Balaban J connectivity index is 1.24. The van der Waals surface area contributed by atoms with Gasteiger partial charge in [-0.05, 0) is 80.7 Å². The molecule has 204 valence electrons. The van der Waals surface area contributed by atoms with Crippen molar-refractivity contribution in [2.75, 3.05) is 38.7 Å². The number of aryl methyl sites for hydroxylation is 1. The van der Waals surface area contributed by atoms with Crippen LogP contribution in [0.15, 0.2) is 72.8 Å². The van der Waals surface area contributed by atoms with Gasteiger partial charge in [0.25, 0.3) is 0 Å².